The van der Waals surface area contributed by atoms with Crippen LogP contribution in [0.5, 0.6) is 0 Å². The Kier molecular flexibility index (Phi) is 4.68. The van der Waals surface area contributed by atoms with Crippen LogP contribution in [0.2, 0.25) is 5.02 Å². The summed E-state index contributed by atoms with van der Waals surface area (Å²) < 4.78 is 6.72. The number of nitrogens with zero attached hydrogens (tertiary/aromatic N) is 3. The molecule has 2 aromatic rings. The number of benzene rings is 1. The molecule has 3 rings (SSSR count). The Hall–Kier alpha value is -1.85. The number of esters is 1. The highest BCUT2D eigenvalue weighted by Gasteiger charge is 2.32. The zero-order valence-corrected chi connectivity index (χ0v) is 14.1. The molecular formula is C17H20ClN3O2. The summed E-state index contributed by atoms with van der Waals surface area (Å²) in [6.07, 6.45) is 3.86. The molecule has 0 N–H and O–H groups in total. The molecule has 1 saturated heterocycles. The minimum Gasteiger partial charge on any atom is -0.468 e. The predicted octanol–water partition coefficient (Wildman–Crippen LogP) is 2.88. The summed E-state index contributed by atoms with van der Waals surface area (Å²) in [6, 6.07) is 7.52. The molecule has 0 saturated carbocycles. The van der Waals surface area contributed by atoms with Crippen molar-refractivity contribution in [2.45, 2.75) is 25.4 Å². The number of ether oxygens (including phenoxy) is 1. The first-order valence-electron chi connectivity index (χ1n) is 7.69. The normalized spacial score (nSPS) is 18.3. The summed E-state index contributed by atoms with van der Waals surface area (Å²) in [7, 11) is 3.35. The largest absolute Gasteiger partial charge is 0.468 e. The van der Waals surface area contributed by atoms with Gasteiger partial charge in [0.05, 0.1) is 12.8 Å². The van der Waals surface area contributed by atoms with E-state index in [-0.39, 0.29) is 12.0 Å². The number of methoxy groups -OCH3 is 1. The van der Waals surface area contributed by atoms with Crippen LogP contribution in [0.25, 0.3) is 11.3 Å². The quantitative estimate of drug-likeness (QED) is 0.807. The van der Waals surface area contributed by atoms with Gasteiger partial charge >= 0.3 is 5.97 Å². The van der Waals surface area contributed by atoms with Gasteiger partial charge in [-0.3, -0.25) is 14.4 Å². The molecule has 0 spiro atoms. The molecule has 1 fully saturated rings. The molecule has 122 valence electrons. The maximum Gasteiger partial charge on any atom is 0.323 e. The van der Waals surface area contributed by atoms with Crippen molar-refractivity contribution >= 4 is 17.6 Å². The van der Waals surface area contributed by atoms with Crippen LogP contribution < -0.4 is 0 Å². The van der Waals surface area contributed by atoms with Crippen LogP contribution in [0, 0.1) is 0 Å². The molecule has 1 aromatic carbocycles. The van der Waals surface area contributed by atoms with Crippen LogP contribution in [0.1, 0.15) is 18.4 Å². The van der Waals surface area contributed by atoms with E-state index in [0.29, 0.717) is 11.6 Å². The summed E-state index contributed by atoms with van der Waals surface area (Å²) in [5, 5.41) is 5.26. The van der Waals surface area contributed by atoms with E-state index in [1.807, 2.05) is 37.5 Å². The summed E-state index contributed by atoms with van der Waals surface area (Å²) >= 11 is 6.10. The van der Waals surface area contributed by atoms with E-state index >= 15 is 0 Å². The molecule has 0 amide bonds. The third-order valence-electron chi connectivity index (χ3n) is 4.21. The summed E-state index contributed by atoms with van der Waals surface area (Å²) in [5.41, 5.74) is 2.98. The second kappa shape index (κ2) is 6.72. The fourth-order valence-corrected chi connectivity index (χ4v) is 3.36. The van der Waals surface area contributed by atoms with Gasteiger partial charge in [0.2, 0.25) is 0 Å². The first-order valence-corrected chi connectivity index (χ1v) is 8.06. The Balaban J connectivity index is 1.88. The first kappa shape index (κ1) is 16.0. The van der Waals surface area contributed by atoms with Crippen molar-refractivity contribution in [3.63, 3.8) is 0 Å². The van der Waals surface area contributed by atoms with Gasteiger partial charge in [0.15, 0.2) is 0 Å². The van der Waals surface area contributed by atoms with E-state index in [1.165, 1.54) is 7.11 Å². The third kappa shape index (κ3) is 3.41. The zero-order valence-electron chi connectivity index (χ0n) is 13.3. The number of carbonyl (C=O) groups is 1. The second-order valence-corrected chi connectivity index (χ2v) is 6.28. The molecule has 1 atom stereocenters. The van der Waals surface area contributed by atoms with Gasteiger partial charge in [-0.05, 0) is 31.5 Å². The number of hydrogen-bond acceptors (Lipinski definition) is 4. The van der Waals surface area contributed by atoms with Crippen LogP contribution in [0.15, 0.2) is 30.5 Å². The fourth-order valence-electron chi connectivity index (χ4n) is 3.17. The van der Waals surface area contributed by atoms with Crippen LogP contribution in [0.4, 0.5) is 0 Å². The van der Waals surface area contributed by atoms with Gasteiger partial charge in [0.25, 0.3) is 0 Å². The highest BCUT2D eigenvalue weighted by Crippen LogP contribution is 2.28. The molecule has 23 heavy (non-hydrogen) atoms. The van der Waals surface area contributed by atoms with Crippen LogP contribution in [-0.4, -0.2) is 40.3 Å². The van der Waals surface area contributed by atoms with Crippen LogP contribution in [-0.2, 0) is 23.1 Å². The standard InChI is InChI=1S/C17H20ClN3O2/c1-20-10-13(11-21-8-4-7-15(21)17(22)23-2)16(19-20)12-5-3-6-14(18)9-12/h3,5-6,9-10,15H,4,7-8,11H2,1-2H3/t15-/m0/s1. The van der Waals surface area contributed by atoms with Crippen molar-refractivity contribution in [2.24, 2.45) is 7.05 Å². The molecular weight excluding hydrogens is 314 g/mol. The van der Waals surface area contributed by atoms with Crippen molar-refractivity contribution in [3.05, 3.63) is 41.0 Å². The van der Waals surface area contributed by atoms with E-state index in [9.17, 15) is 4.79 Å². The summed E-state index contributed by atoms with van der Waals surface area (Å²) in [5.74, 6) is -0.157. The Labute approximate surface area is 140 Å². The number of likely N-dealkylation sites (tertiary alicyclic amines) is 1. The molecule has 1 aromatic heterocycles. The molecule has 0 radical (unpaired) electrons. The third-order valence-corrected chi connectivity index (χ3v) is 4.45. The molecule has 2 heterocycles. The highest BCUT2D eigenvalue weighted by atomic mass is 35.5. The predicted molar refractivity (Wildman–Crippen MR) is 89.1 cm³/mol. The summed E-state index contributed by atoms with van der Waals surface area (Å²) in [6.45, 7) is 1.57. The van der Waals surface area contributed by atoms with Gasteiger partial charge in [0, 0.05) is 35.9 Å². The van der Waals surface area contributed by atoms with Gasteiger partial charge in [-0.15, -0.1) is 0 Å². The topological polar surface area (TPSA) is 47.4 Å². The van der Waals surface area contributed by atoms with E-state index in [1.54, 1.807) is 4.68 Å². The number of rotatable bonds is 4. The Morgan fingerprint density at radius 1 is 1.48 bits per heavy atom. The lowest BCUT2D eigenvalue weighted by Gasteiger charge is -2.22. The molecule has 6 heteroatoms. The monoisotopic (exact) mass is 333 g/mol. The second-order valence-electron chi connectivity index (χ2n) is 5.84. The van der Waals surface area contributed by atoms with Crippen LogP contribution in [0.3, 0.4) is 0 Å². The number of hydrogen-bond donors (Lipinski definition) is 0. The fraction of sp³-hybridized carbons (Fsp3) is 0.412. The lowest BCUT2D eigenvalue weighted by molar-refractivity contribution is -0.146. The van der Waals surface area contributed by atoms with Crippen LogP contribution >= 0.6 is 11.6 Å². The lowest BCUT2D eigenvalue weighted by Crippen LogP contribution is -2.36. The first-order chi connectivity index (χ1) is 11.1. The Morgan fingerprint density at radius 3 is 3.04 bits per heavy atom. The van der Waals surface area contributed by atoms with Crippen molar-refractivity contribution in [2.75, 3.05) is 13.7 Å². The van der Waals surface area contributed by atoms with Crippen molar-refractivity contribution in [1.29, 1.82) is 0 Å². The SMILES string of the molecule is COC(=O)[C@@H]1CCCN1Cc1cn(C)nc1-c1cccc(Cl)c1. The van der Waals surface area contributed by atoms with E-state index in [0.717, 1.165) is 36.2 Å². The number of aromatic nitrogens is 2. The molecule has 0 bridgehead atoms. The highest BCUT2D eigenvalue weighted by molar-refractivity contribution is 6.30. The average molecular weight is 334 g/mol. The summed E-state index contributed by atoms with van der Waals surface area (Å²) in [4.78, 5) is 14.1. The van der Waals surface area contributed by atoms with Gasteiger partial charge < -0.3 is 4.74 Å². The molecule has 5 nitrogen and oxygen atoms in total. The van der Waals surface area contributed by atoms with E-state index in [4.69, 9.17) is 16.3 Å². The maximum atomic E-state index is 11.9. The van der Waals surface area contributed by atoms with Crippen molar-refractivity contribution in [3.8, 4) is 11.3 Å². The lowest BCUT2D eigenvalue weighted by atomic mass is 10.1. The van der Waals surface area contributed by atoms with Gasteiger partial charge in [-0.2, -0.15) is 5.10 Å². The smallest absolute Gasteiger partial charge is 0.323 e. The van der Waals surface area contributed by atoms with Crippen molar-refractivity contribution < 1.29 is 9.53 Å². The van der Waals surface area contributed by atoms with Gasteiger partial charge in [-0.1, -0.05) is 23.7 Å². The molecule has 0 unspecified atom stereocenters. The zero-order chi connectivity index (χ0) is 16.4. The van der Waals surface area contributed by atoms with E-state index < -0.39 is 0 Å². The average Bonchev–Trinajstić information content (AvgIpc) is 3.13. The maximum absolute atomic E-state index is 11.9. The molecule has 0 aliphatic carbocycles. The Morgan fingerprint density at radius 2 is 2.30 bits per heavy atom. The Bertz CT molecular complexity index is 714. The molecule has 1 aliphatic rings. The van der Waals surface area contributed by atoms with Crippen molar-refractivity contribution in [1.82, 2.24) is 14.7 Å². The minimum atomic E-state index is -0.160. The number of halogens is 1. The molecule has 1 aliphatic heterocycles. The van der Waals surface area contributed by atoms with Gasteiger partial charge in [0.1, 0.15) is 6.04 Å². The van der Waals surface area contributed by atoms with E-state index in [2.05, 4.69) is 10.00 Å². The number of carbonyl (C=O) groups excluding carboxylic acids is 1. The number of aryl methyl sites for hydroxylation is 1. The van der Waals surface area contributed by atoms with Gasteiger partial charge in [-0.25, -0.2) is 0 Å². The minimum absolute atomic E-state index is 0.157.